The first kappa shape index (κ1) is 21.1. The van der Waals surface area contributed by atoms with E-state index in [1.165, 1.54) is 10.7 Å². The molecule has 10 heteroatoms. The van der Waals surface area contributed by atoms with E-state index in [0.29, 0.717) is 28.0 Å². The molecule has 9 nitrogen and oxygen atoms in total. The molecular formula is C22H18ClN5O4. The second-order valence-electron chi connectivity index (χ2n) is 6.65. The van der Waals surface area contributed by atoms with E-state index in [0.717, 1.165) is 0 Å². The van der Waals surface area contributed by atoms with Gasteiger partial charge in [0.05, 0.1) is 5.69 Å². The lowest BCUT2D eigenvalue weighted by Gasteiger charge is -2.04. The Bertz CT molecular complexity index is 1230. The van der Waals surface area contributed by atoms with Gasteiger partial charge in [-0.15, -0.1) is 5.10 Å². The monoisotopic (exact) mass is 451 g/mol. The molecule has 0 spiro atoms. The number of ether oxygens (including phenoxy) is 1. The van der Waals surface area contributed by atoms with Crippen molar-refractivity contribution in [1.82, 2.24) is 25.6 Å². The highest BCUT2D eigenvalue weighted by Gasteiger charge is 2.18. The van der Waals surface area contributed by atoms with Crippen LogP contribution < -0.4 is 15.6 Å². The van der Waals surface area contributed by atoms with E-state index in [2.05, 4.69) is 20.9 Å². The number of furan rings is 1. The summed E-state index contributed by atoms with van der Waals surface area (Å²) in [7, 11) is 0. The Hall–Kier alpha value is -4.11. The number of halogens is 1. The van der Waals surface area contributed by atoms with Crippen molar-refractivity contribution < 1.29 is 18.7 Å². The minimum atomic E-state index is -0.673. The van der Waals surface area contributed by atoms with E-state index < -0.39 is 11.8 Å². The third-order valence-electron chi connectivity index (χ3n) is 4.34. The Kier molecular flexibility index (Phi) is 6.18. The maximum Gasteiger partial charge on any atom is 0.309 e. The van der Waals surface area contributed by atoms with Gasteiger partial charge < -0.3 is 9.15 Å². The predicted octanol–water partition coefficient (Wildman–Crippen LogP) is 3.48. The molecule has 2 N–H and O–H groups in total. The topological polar surface area (TPSA) is 111 Å². The van der Waals surface area contributed by atoms with Crippen LogP contribution in [0.4, 0.5) is 0 Å². The van der Waals surface area contributed by atoms with Crippen LogP contribution in [-0.4, -0.2) is 26.6 Å². The number of hydrogen-bond donors (Lipinski definition) is 2. The molecule has 2 amide bonds. The lowest BCUT2D eigenvalue weighted by Crippen LogP contribution is -2.42. The maximum absolute atomic E-state index is 12.4. The highest BCUT2D eigenvalue weighted by atomic mass is 35.5. The van der Waals surface area contributed by atoms with E-state index in [9.17, 15) is 9.59 Å². The summed E-state index contributed by atoms with van der Waals surface area (Å²) in [6, 6.07) is 19.3. The molecule has 4 rings (SSSR count). The smallest absolute Gasteiger partial charge is 0.309 e. The fourth-order valence-electron chi connectivity index (χ4n) is 2.79. The SMILES string of the molecule is Cc1nc(C(=O)NNC(=O)c2ccc(COc3ccccc3)o2)nn1-c1ccc(Cl)cc1. The first-order valence-corrected chi connectivity index (χ1v) is 9.94. The minimum absolute atomic E-state index is 0.0211. The summed E-state index contributed by atoms with van der Waals surface area (Å²) < 4.78 is 12.5. The summed E-state index contributed by atoms with van der Waals surface area (Å²) in [5.74, 6) is 0.263. The van der Waals surface area contributed by atoms with Crippen molar-refractivity contribution in [2.45, 2.75) is 13.5 Å². The summed E-state index contributed by atoms with van der Waals surface area (Å²) in [4.78, 5) is 28.8. The highest BCUT2D eigenvalue weighted by molar-refractivity contribution is 6.30. The van der Waals surface area contributed by atoms with E-state index in [1.807, 2.05) is 30.3 Å². The number of hydrogen-bond acceptors (Lipinski definition) is 6. The second-order valence-corrected chi connectivity index (χ2v) is 7.08. The average Bonchev–Trinajstić information content (AvgIpc) is 3.44. The molecule has 0 saturated heterocycles. The van der Waals surface area contributed by atoms with Gasteiger partial charge in [-0.3, -0.25) is 20.4 Å². The molecule has 2 heterocycles. The zero-order chi connectivity index (χ0) is 22.5. The van der Waals surface area contributed by atoms with Gasteiger partial charge in [0.2, 0.25) is 5.82 Å². The van der Waals surface area contributed by atoms with Crippen LogP contribution in [0.25, 0.3) is 5.69 Å². The molecule has 32 heavy (non-hydrogen) atoms. The Balaban J connectivity index is 1.33. The van der Waals surface area contributed by atoms with Crippen LogP contribution in [0.1, 0.15) is 32.8 Å². The number of nitrogens with zero attached hydrogens (tertiary/aromatic N) is 3. The normalized spacial score (nSPS) is 10.6. The number of aromatic nitrogens is 3. The minimum Gasteiger partial charge on any atom is -0.486 e. The van der Waals surface area contributed by atoms with Gasteiger partial charge in [-0.2, -0.15) is 0 Å². The standard InChI is InChI=1S/C22H18ClN5O4/c1-14-24-20(27-28(14)16-9-7-15(23)8-10-16)22(30)26-25-21(29)19-12-11-18(32-19)13-31-17-5-3-2-4-6-17/h2-12H,13H2,1H3,(H,25,29)(H,26,30). The van der Waals surface area contributed by atoms with Crippen LogP contribution in [0.15, 0.2) is 71.1 Å². The molecule has 0 fully saturated rings. The Labute approximate surface area is 187 Å². The van der Waals surface area contributed by atoms with Gasteiger partial charge in [-0.1, -0.05) is 29.8 Å². The molecule has 2 aromatic heterocycles. The first-order valence-electron chi connectivity index (χ1n) is 9.56. The first-order chi connectivity index (χ1) is 15.5. The summed E-state index contributed by atoms with van der Waals surface area (Å²) in [5, 5.41) is 4.76. The number of carbonyl (C=O) groups is 2. The van der Waals surface area contributed by atoms with Crippen molar-refractivity contribution in [3.8, 4) is 11.4 Å². The summed E-state index contributed by atoms with van der Waals surface area (Å²) >= 11 is 5.90. The van der Waals surface area contributed by atoms with Crippen molar-refractivity contribution in [1.29, 1.82) is 0 Å². The fraction of sp³-hybridized carbons (Fsp3) is 0.0909. The third-order valence-corrected chi connectivity index (χ3v) is 4.59. The van der Waals surface area contributed by atoms with Crippen LogP contribution in [0, 0.1) is 6.92 Å². The molecule has 0 radical (unpaired) electrons. The number of nitrogens with one attached hydrogen (secondary N) is 2. The largest absolute Gasteiger partial charge is 0.486 e. The van der Waals surface area contributed by atoms with Crippen molar-refractivity contribution in [2.75, 3.05) is 0 Å². The molecule has 0 unspecified atom stereocenters. The number of aryl methyl sites for hydroxylation is 1. The van der Waals surface area contributed by atoms with Gasteiger partial charge in [-0.25, -0.2) is 9.67 Å². The molecular weight excluding hydrogens is 434 g/mol. The lowest BCUT2D eigenvalue weighted by molar-refractivity contribution is 0.0823. The van der Waals surface area contributed by atoms with E-state index in [4.69, 9.17) is 20.8 Å². The van der Waals surface area contributed by atoms with Crippen LogP contribution in [-0.2, 0) is 6.61 Å². The summed E-state index contributed by atoms with van der Waals surface area (Å²) in [6.45, 7) is 1.87. The number of rotatable bonds is 6. The molecule has 0 atom stereocenters. The van der Waals surface area contributed by atoms with E-state index in [-0.39, 0.29) is 18.2 Å². The molecule has 4 aromatic rings. The fourth-order valence-corrected chi connectivity index (χ4v) is 2.92. The molecule has 0 aliphatic rings. The van der Waals surface area contributed by atoms with Crippen molar-refractivity contribution >= 4 is 23.4 Å². The Morgan fingerprint density at radius 3 is 2.47 bits per heavy atom. The van der Waals surface area contributed by atoms with Gasteiger partial charge in [-0.05, 0) is 55.5 Å². The van der Waals surface area contributed by atoms with Crippen molar-refractivity contribution in [3.05, 3.63) is 94.9 Å². The molecule has 0 saturated carbocycles. The Morgan fingerprint density at radius 1 is 1.00 bits per heavy atom. The van der Waals surface area contributed by atoms with Crippen LogP contribution in [0.3, 0.4) is 0 Å². The van der Waals surface area contributed by atoms with Gasteiger partial charge in [0.25, 0.3) is 0 Å². The molecule has 0 aliphatic carbocycles. The molecule has 0 aliphatic heterocycles. The number of hydrazine groups is 1. The van der Waals surface area contributed by atoms with Gasteiger partial charge >= 0.3 is 11.8 Å². The van der Waals surface area contributed by atoms with Crippen molar-refractivity contribution in [3.63, 3.8) is 0 Å². The zero-order valence-electron chi connectivity index (χ0n) is 16.9. The Morgan fingerprint density at radius 2 is 1.72 bits per heavy atom. The van der Waals surface area contributed by atoms with E-state index in [1.54, 1.807) is 37.3 Å². The summed E-state index contributed by atoms with van der Waals surface area (Å²) in [5.41, 5.74) is 5.25. The lowest BCUT2D eigenvalue weighted by atomic mass is 10.3. The number of benzene rings is 2. The van der Waals surface area contributed by atoms with Crippen molar-refractivity contribution in [2.24, 2.45) is 0 Å². The zero-order valence-corrected chi connectivity index (χ0v) is 17.7. The van der Waals surface area contributed by atoms with Gasteiger partial charge in [0, 0.05) is 5.02 Å². The van der Waals surface area contributed by atoms with Crippen LogP contribution in [0.5, 0.6) is 5.75 Å². The number of carbonyl (C=O) groups excluding carboxylic acids is 2. The predicted molar refractivity (Wildman–Crippen MR) is 116 cm³/mol. The van der Waals surface area contributed by atoms with Gasteiger partial charge in [0.15, 0.2) is 5.76 Å². The second kappa shape index (κ2) is 9.36. The highest BCUT2D eigenvalue weighted by Crippen LogP contribution is 2.15. The third kappa shape index (κ3) is 4.96. The molecule has 2 aromatic carbocycles. The van der Waals surface area contributed by atoms with Gasteiger partial charge in [0.1, 0.15) is 23.9 Å². The van der Waals surface area contributed by atoms with E-state index >= 15 is 0 Å². The quantitative estimate of drug-likeness (QED) is 0.434. The average molecular weight is 452 g/mol. The molecule has 162 valence electrons. The van der Waals surface area contributed by atoms with Crippen LogP contribution >= 0.6 is 11.6 Å². The molecule has 0 bridgehead atoms. The number of para-hydroxylation sites is 1. The maximum atomic E-state index is 12.4. The number of amides is 2. The van der Waals surface area contributed by atoms with Crippen LogP contribution in [0.2, 0.25) is 5.02 Å². The summed E-state index contributed by atoms with van der Waals surface area (Å²) in [6.07, 6.45) is 0.